The number of carbonyl (C=O) groups is 2. The zero-order chi connectivity index (χ0) is 15.8. The third-order valence-electron chi connectivity index (χ3n) is 7.25. The average Bonchev–Trinajstić information content (AvgIpc) is 3.04. The summed E-state index contributed by atoms with van der Waals surface area (Å²) in [6.07, 6.45) is 3.04. The topological polar surface area (TPSA) is 37.4 Å². The van der Waals surface area contributed by atoms with Gasteiger partial charge in [0.2, 0.25) is 5.91 Å². The summed E-state index contributed by atoms with van der Waals surface area (Å²) < 4.78 is 0. The normalized spacial score (nSPS) is 35.0. The lowest BCUT2D eigenvalue weighted by molar-refractivity contribution is -0.133. The van der Waals surface area contributed by atoms with E-state index in [-0.39, 0.29) is 22.5 Å². The second-order valence-electron chi connectivity index (χ2n) is 7.97. The standard InChI is InChI=1S/C19H23NO2/c1-17(2)18(3)9-10-19(17,12-15(18)21)16(22)20-11-8-13-6-4-5-7-14(13)20/h4-7H,8-12H2,1-3H3/t18-,19-/m0/s1. The van der Waals surface area contributed by atoms with Crippen molar-refractivity contribution in [2.24, 2.45) is 16.2 Å². The van der Waals surface area contributed by atoms with Gasteiger partial charge in [0.15, 0.2) is 0 Å². The molecule has 2 atom stereocenters. The predicted molar refractivity (Wildman–Crippen MR) is 85.7 cm³/mol. The van der Waals surface area contributed by atoms with Crippen LogP contribution in [-0.2, 0) is 16.0 Å². The number of hydrogen-bond donors (Lipinski definition) is 0. The van der Waals surface area contributed by atoms with Crippen LogP contribution in [-0.4, -0.2) is 18.2 Å². The number of Topliss-reactive ketones (excluding diaryl/α,β-unsaturated/α-hetero) is 1. The fourth-order valence-electron chi connectivity index (χ4n) is 5.14. The molecule has 1 aromatic carbocycles. The van der Waals surface area contributed by atoms with Gasteiger partial charge in [-0.05, 0) is 36.3 Å². The molecule has 0 spiro atoms. The molecule has 4 rings (SSSR count). The van der Waals surface area contributed by atoms with Crippen molar-refractivity contribution in [2.75, 3.05) is 11.4 Å². The molecule has 3 nitrogen and oxygen atoms in total. The summed E-state index contributed by atoms with van der Waals surface area (Å²) in [6.45, 7) is 7.08. The summed E-state index contributed by atoms with van der Waals surface area (Å²) in [4.78, 5) is 28.0. The van der Waals surface area contributed by atoms with Crippen molar-refractivity contribution in [3.05, 3.63) is 29.8 Å². The number of rotatable bonds is 1. The molecule has 2 aliphatic carbocycles. The first-order valence-corrected chi connectivity index (χ1v) is 8.27. The number of nitrogens with zero attached hydrogens (tertiary/aromatic N) is 1. The van der Waals surface area contributed by atoms with Crippen molar-refractivity contribution in [1.82, 2.24) is 0 Å². The van der Waals surface area contributed by atoms with Crippen LogP contribution in [0.3, 0.4) is 0 Å². The van der Waals surface area contributed by atoms with Crippen LogP contribution in [0.25, 0.3) is 0 Å². The van der Waals surface area contributed by atoms with Crippen molar-refractivity contribution in [3.8, 4) is 0 Å². The monoisotopic (exact) mass is 297 g/mol. The molecule has 0 aromatic heterocycles. The van der Waals surface area contributed by atoms with Crippen LogP contribution in [0, 0.1) is 16.2 Å². The molecule has 2 bridgehead atoms. The highest BCUT2D eigenvalue weighted by molar-refractivity contribution is 6.06. The minimum Gasteiger partial charge on any atom is -0.311 e. The van der Waals surface area contributed by atoms with E-state index in [0.717, 1.165) is 31.5 Å². The molecular formula is C19H23NO2. The van der Waals surface area contributed by atoms with Crippen molar-refractivity contribution in [3.63, 3.8) is 0 Å². The van der Waals surface area contributed by atoms with E-state index < -0.39 is 5.41 Å². The maximum absolute atomic E-state index is 13.5. The smallest absolute Gasteiger partial charge is 0.234 e. The largest absolute Gasteiger partial charge is 0.311 e. The zero-order valence-electron chi connectivity index (χ0n) is 13.6. The molecule has 0 unspecified atom stereocenters. The molecule has 2 fully saturated rings. The molecule has 116 valence electrons. The van der Waals surface area contributed by atoms with Gasteiger partial charge >= 0.3 is 0 Å². The molecule has 1 aliphatic heterocycles. The lowest BCUT2D eigenvalue weighted by Gasteiger charge is -2.40. The molecule has 1 aromatic rings. The van der Waals surface area contributed by atoms with Crippen molar-refractivity contribution in [2.45, 2.75) is 46.5 Å². The van der Waals surface area contributed by atoms with Crippen LogP contribution in [0.2, 0.25) is 0 Å². The fourth-order valence-corrected chi connectivity index (χ4v) is 5.14. The lowest BCUT2D eigenvalue weighted by Crippen LogP contribution is -2.48. The highest BCUT2D eigenvalue weighted by atomic mass is 16.2. The van der Waals surface area contributed by atoms with Crippen LogP contribution < -0.4 is 4.90 Å². The number of anilines is 1. The maximum Gasteiger partial charge on any atom is 0.234 e. The molecule has 2 saturated carbocycles. The van der Waals surface area contributed by atoms with Crippen LogP contribution in [0.15, 0.2) is 24.3 Å². The number of amides is 1. The van der Waals surface area contributed by atoms with Gasteiger partial charge in [-0.25, -0.2) is 0 Å². The van der Waals surface area contributed by atoms with Gasteiger partial charge in [0, 0.05) is 24.1 Å². The number of ketones is 1. The van der Waals surface area contributed by atoms with Crippen LogP contribution >= 0.6 is 0 Å². The summed E-state index contributed by atoms with van der Waals surface area (Å²) in [5, 5.41) is 0. The van der Waals surface area contributed by atoms with Crippen LogP contribution in [0.4, 0.5) is 5.69 Å². The Bertz CT molecular complexity index is 692. The zero-order valence-corrected chi connectivity index (χ0v) is 13.6. The maximum atomic E-state index is 13.5. The van der Waals surface area contributed by atoms with Gasteiger partial charge in [-0.3, -0.25) is 9.59 Å². The summed E-state index contributed by atoms with van der Waals surface area (Å²) in [5.41, 5.74) is 1.20. The Morgan fingerprint density at radius 1 is 1.14 bits per heavy atom. The van der Waals surface area contributed by atoms with Crippen LogP contribution in [0.5, 0.6) is 0 Å². The summed E-state index contributed by atoms with van der Waals surface area (Å²) in [6, 6.07) is 8.16. The predicted octanol–water partition coefficient (Wildman–Crippen LogP) is 3.36. The lowest BCUT2D eigenvalue weighted by atomic mass is 9.64. The van der Waals surface area contributed by atoms with E-state index in [0.29, 0.717) is 6.42 Å². The van der Waals surface area contributed by atoms with Crippen LogP contribution in [0.1, 0.15) is 45.6 Å². The summed E-state index contributed by atoms with van der Waals surface area (Å²) in [7, 11) is 0. The molecule has 3 heteroatoms. The number of carbonyl (C=O) groups excluding carboxylic acids is 2. The molecule has 1 amide bonds. The highest BCUT2D eigenvalue weighted by Gasteiger charge is 2.73. The molecule has 1 heterocycles. The Morgan fingerprint density at radius 2 is 1.86 bits per heavy atom. The highest BCUT2D eigenvalue weighted by Crippen LogP contribution is 2.71. The first-order chi connectivity index (χ1) is 10.3. The van der Waals surface area contributed by atoms with E-state index in [2.05, 4.69) is 26.8 Å². The van der Waals surface area contributed by atoms with Gasteiger partial charge in [-0.1, -0.05) is 39.0 Å². The Hall–Kier alpha value is -1.64. The van der Waals surface area contributed by atoms with E-state index in [1.807, 2.05) is 23.1 Å². The second kappa shape index (κ2) is 4.01. The van der Waals surface area contributed by atoms with Crippen molar-refractivity contribution < 1.29 is 9.59 Å². The Labute approximate surface area is 131 Å². The number of fused-ring (bicyclic) bond motifs is 3. The minimum absolute atomic E-state index is 0.178. The third kappa shape index (κ3) is 1.34. The van der Waals surface area contributed by atoms with E-state index in [1.165, 1.54) is 5.56 Å². The Kier molecular flexibility index (Phi) is 2.55. The van der Waals surface area contributed by atoms with E-state index in [1.54, 1.807) is 0 Å². The summed E-state index contributed by atoms with van der Waals surface area (Å²) in [5.74, 6) is 0.460. The molecule has 22 heavy (non-hydrogen) atoms. The van der Waals surface area contributed by atoms with Gasteiger partial charge in [0.25, 0.3) is 0 Å². The minimum atomic E-state index is -0.504. The number of hydrogen-bond acceptors (Lipinski definition) is 2. The van der Waals surface area contributed by atoms with E-state index in [4.69, 9.17) is 0 Å². The number of para-hydroxylation sites is 1. The quantitative estimate of drug-likeness (QED) is 0.797. The van der Waals surface area contributed by atoms with E-state index in [9.17, 15) is 9.59 Å². The van der Waals surface area contributed by atoms with Gasteiger partial charge in [0.05, 0.1) is 5.41 Å². The molecule has 0 radical (unpaired) electrons. The molecule has 0 saturated heterocycles. The molecule has 3 aliphatic rings. The van der Waals surface area contributed by atoms with Gasteiger partial charge < -0.3 is 4.90 Å². The fraction of sp³-hybridized carbons (Fsp3) is 0.579. The van der Waals surface area contributed by atoms with Crippen molar-refractivity contribution in [1.29, 1.82) is 0 Å². The SMILES string of the molecule is CC1(C)[C@@]2(C(=O)N3CCc4ccccc43)CC[C@@]1(C)C(=O)C2. The average molecular weight is 297 g/mol. The first-order valence-electron chi connectivity index (χ1n) is 8.27. The number of benzene rings is 1. The van der Waals surface area contributed by atoms with Gasteiger partial charge in [-0.2, -0.15) is 0 Å². The molecular weight excluding hydrogens is 274 g/mol. The summed E-state index contributed by atoms with van der Waals surface area (Å²) >= 11 is 0. The third-order valence-corrected chi connectivity index (χ3v) is 7.25. The second-order valence-corrected chi connectivity index (χ2v) is 7.97. The first kappa shape index (κ1) is 14.0. The van der Waals surface area contributed by atoms with Gasteiger partial charge in [-0.15, -0.1) is 0 Å². The van der Waals surface area contributed by atoms with Crippen molar-refractivity contribution >= 4 is 17.4 Å². The Balaban J connectivity index is 1.77. The Morgan fingerprint density at radius 3 is 2.50 bits per heavy atom. The van der Waals surface area contributed by atoms with E-state index >= 15 is 0 Å². The van der Waals surface area contributed by atoms with Gasteiger partial charge in [0.1, 0.15) is 5.78 Å². The molecule has 0 N–H and O–H groups in total.